The summed E-state index contributed by atoms with van der Waals surface area (Å²) in [5.74, 6) is 0.718. The average molecular weight is 571 g/mol. The van der Waals surface area contributed by atoms with E-state index in [1.807, 2.05) is 78.6 Å². The molecular formula is C26H23ClN4O3S3. The van der Waals surface area contributed by atoms with Gasteiger partial charge in [-0.05, 0) is 91.4 Å². The molecule has 0 amide bonds. The monoisotopic (exact) mass is 570 g/mol. The minimum atomic E-state index is -3.40. The predicted molar refractivity (Wildman–Crippen MR) is 152 cm³/mol. The van der Waals surface area contributed by atoms with E-state index >= 15 is 0 Å². The van der Waals surface area contributed by atoms with Crippen LogP contribution in [-0.2, 0) is 10.0 Å². The van der Waals surface area contributed by atoms with E-state index in [0.29, 0.717) is 15.8 Å². The van der Waals surface area contributed by atoms with E-state index < -0.39 is 10.0 Å². The predicted octanol–water partition coefficient (Wildman–Crippen LogP) is 6.34. The number of benzene rings is 2. The number of sulfonamides is 1. The summed E-state index contributed by atoms with van der Waals surface area (Å²) < 4.78 is 32.4. The number of rotatable bonds is 7. The highest BCUT2D eigenvalue weighted by Gasteiger charge is 2.42. The van der Waals surface area contributed by atoms with Crippen molar-refractivity contribution in [3.63, 3.8) is 0 Å². The molecule has 0 unspecified atom stereocenters. The van der Waals surface area contributed by atoms with Gasteiger partial charge in [-0.1, -0.05) is 29.4 Å². The van der Waals surface area contributed by atoms with Crippen LogP contribution in [0.4, 0.5) is 11.4 Å². The van der Waals surface area contributed by atoms with E-state index in [1.54, 1.807) is 12.3 Å². The van der Waals surface area contributed by atoms with Gasteiger partial charge >= 0.3 is 0 Å². The Balaban J connectivity index is 1.52. The number of nitrogens with one attached hydrogen (secondary N) is 2. The van der Waals surface area contributed by atoms with Crippen LogP contribution in [-0.4, -0.2) is 24.8 Å². The lowest BCUT2D eigenvalue weighted by atomic mass is 10.0. The number of nitrogens with zero attached hydrogens (tertiary/aromatic N) is 2. The van der Waals surface area contributed by atoms with Gasteiger partial charge in [-0.3, -0.25) is 9.71 Å². The van der Waals surface area contributed by atoms with E-state index in [-0.39, 0.29) is 12.1 Å². The lowest BCUT2D eigenvalue weighted by Crippen LogP contribution is -2.29. The summed E-state index contributed by atoms with van der Waals surface area (Å²) in [6.07, 6.45) is 2.88. The van der Waals surface area contributed by atoms with E-state index in [2.05, 4.69) is 15.0 Å². The van der Waals surface area contributed by atoms with Crippen LogP contribution in [0.25, 0.3) is 0 Å². The molecule has 2 atom stereocenters. The Labute approximate surface area is 230 Å². The zero-order chi connectivity index (χ0) is 26.2. The minimum absolute atomic E-state index is 0.262. The number of thiocarbonyl (C=S) groups is 1. The fraction of sp³-hybridized carbons (Fsp3) is 0.154. The molecule has 11 heteroatoms. The topological polar surface area (TPSA) is 87.5 Å². The second-order valence-electron chi connectivity index (χ2n) is 8.58. The maximum Gasteiger partial charge on any atom is 0.229 e. The fourth-order valence-electron chi connectivity index (χ4n) is 4.20. The first kappa shape index (κ1) is 25.6. The zero-order valence-corrected chi connectivity index (χ0v) is 23.1. The highest BCUT2D eigenvalue weighted by atomic mass is 35.5. The molecule has 5 rings (SSSR count). The van der Waals surface area contributed by atoms with Crippen molar-refractivity contribution in [3.05, 3.63) is 101 Å². The number of anilines is 2. The van der Waals surface area contributed by atoms with Crippen molar-refractivity contribution in [1.82, 2.24) is 10.3 Å². The van der Waals surface area contributed by atoms with Gasteiger partial charge in [0.2, 0.25) is 10.0 Å². The van der Waals surface area contributed by atoms with Crippen molar-refractivity contribution in [1.29, 1.82) is 0 Å². The largest absolute Gasteiger partial charge is 0.452 e. The Morgan fingerprint density at radius 2 is 1.89 bits per heavy atom. The molecule has 4 aromatic rings. The standard InChI is InChI=1S/C26H23ClN4O3S3/c1-16-15-18(8-11-20(16)30-37(2,32)33)31-25(24(29-26(31)35)21-5-3-4-14-28-21)22-12-13-23(34-22)36-19-9-6-17(27)7-10-19/h3-15,24-25,30H,1-2H3,(H,29,35)/t24-,25+/m0/s1. The molecule has 7 nitrogen and oxygen atoms in total. The van der Waals surface area contributed by atoms with Crippen LogP contribution in [0.1, 0.15) is 29.1 Å². The molecule has 1 aliphatic heterocycles. The Hall–Kier alpha value is -3.05. The third-order valence-electron chi connectivity index (χ3n) is 5.81. The fourth-order valence-corrected chi connectivity index (χ4v) is 6.08. The summed E-state index contributed by atoms with van der Waals surface area (Å²) >= 11 is 13.3. The van der Waals surface area contributed by atoms with Crippen molar-refractivity contribution in [3.8, 4) is 0 Å². The molecule has 1 aliphatic rings. The number of furan rings is 1. The van der Waals surface area contributed by atoms with Crippen molar-refractivity contribution in [2.24, 2.45) is 0 Å². The summed E-state index contributed by atoms with van der Waals surface area (Å²) in [7, 11) is -3.40. The Bertz CT molecular complexity index is 1540. The van der Waals surface area contributed by atoms with E-state index in [0.717, 1.165) is 38.9 Å². The molecule has 0 spiro atoms. The van der Waals surface area contributed by atoms with Gasteiger partial charge in [-0.2, -0.15) is 0 Å². The first-order chi connectivity index (χ1) is 17.7. The van der Waals surface area contributed by atoms with E-state index in [1.165, 1.54) is 11.8 Å². The second kappa shape index (κ2) is 10.4. The summed E-state index contributed by atoms with van der Waals surface area (Å²) in [4.78, 5) is 7.56. The normalized spacial score (nSPS) is 17.6. The summed E-state index contributed by atoms with van der Waals surface area (Å²) in [6, 6.07) is 22.1. The van der Waals surface area contributed by atoms with Gasteiger partial charge in [0, 0.05) is 21.8 Å². The first-order valence-corrected chi connectivity index (χ1v) is 14.8. The van der Waals surface area contributed by atoms with Gasteiger partial charge in [-0.25, -0.2) is 8.42 Å². The van der Waals surface area contributed by atoms with Crippen LogP contribution in [0.3, 0.4) is 0 Å². The highest BCUT2D eigenvalue weighted by molar-refractivity contribution is 7.99. The van der Waals surface area contributed by atoms with E-state index in [9.17, 15) is 8.42 Å². The third kappa shape index (κ3) is 5.77. The van der Waals surface area contributed by atoms with Crippen molar-refractivity contribution < 1.29 is 12.8 Å². The first-order valence-electron chi connectivity index (χ1n) is 11.3. The number of aryl methyl sites for hydroxylation is 1. The van der Waals surface area contributed by atoms with Crippen molar-refractivity contribution >= 4 is 62.1 Å². The maximum atomic E-state index is 11.8. The number of aromatic nitrogens is 1. The van der Waals surface area contributed by atoms with Gasteiger partial charge in [0.05, 0.1) is 23.7 Å². The maximum absolute atomic E-state index is 11.8. The number of hydrogen-bond donors (Lipinski definition) is 2. The smallest absolute Gasteiger partial charge is 0.229 e. The Morgan fingerprint density at radius 3 is 2.57 bits per heavy atom. The van der Waals surface area contributed by atoms with Crippen LogP contribution >= 0.6 is 35.6 Å². The third-order valence-corrected chi connectivity index (χ3v) is 7.89. The second-order valence-corrected chi connectivity index (χ2v) is 12.2. The molecule has 0 bridgehead atoms. The van der Waals surface area contributed by atoms with Gasteiger partial charge in [-0.15, -0.1) is 0 Å². The Kier molecular flexibility index (Phi) is 7.17. The molecule has 2 N–H and O–H groups in total. The molecular weight excluding hydrogens is 548 g/mol. The van der Waals surface area contributed by atoms with Crippen LogP contribution in [0, 0.1) is 6.92 Å². The molecule has 0 aliphatic carbocycles. The minimum Gasteiger partial charge on any atom is -0.452 e. The highest BCUT2D eigenvalue weighted by Crippen LogP contribution is 2.44. The van der Waals surface area contributed by atoms with Crippen LogP contribution < -0.4 is 14.9 Å². The van der Waals surface area contributed by atoms with Crippen LogP contribution in [0.2, 0.25) is 5.02 Å². The number of pyridine rings is 1. The summed E-state index contributed by atoms with van der Waals surface area (Å²) in [5.41, 5.74) is 2.92. The van der Waals surface area contributed by atoms with Crippen LogP contribution in [0.5, 0.6) is 0 Å². The lowest BCUT2D eigenvalue weighted by Gasteiger charge is -2.26. The van der Waals surface area contributed by atoms with Crippen LogP contribution in [0.15, 0.2) is 93.4 Å². The number of hydrogen-bond acceptors (Lipinski definition) is 6. The lowest BCUT2D eigenvalue weighted by molar-refractivity contribution is 0.383. The Morgan fingerprint density at radius 1 is 1.11 bits per heavy atom. The molecule has 190 valence electrons. The van der Waals surface area contributed by atoms with Crippen molar-refractivity contribution in [2.45, 2.75) is 29.0 Å². The SMILES string of the molecule is Cc1cc(N2C(=S)N[C@@H](c3ccccn3)[C@H]2c2ccc(Sc3ccc(Cl)cc3)o2)ccc1NS(C)(=O)=O. The summed E-state index contributed by atoms with van der Waals surface area (Å²) in [5, 5.41) is 5.34. The van der Waals surface area contributed by atoms with Gasteiger partial charge in [0.1, 0.15) is 11.8 Å². The van der Waals surface area contributed by atoms with E-state index in [4.69, 9.17) is 28.2 Å². The van der Waals surface area contributed by atoms with Gasteiger partial charge < -0.3 is 14.6 Å². The quantitative estimate of drug-likeness (QED) is 0.249. The molecule has 1 saturated heterocycles. The molecule has 1 fully saturated rings. The van der Waals surface area contributed by atoms with Gasteiger partial charge in [0.25, 0.3) is 0 Å². The molecule has 2 aromatic heterocycles. The summed E-state index contributed by atoms with van der Waals surface area (Å²) in [6.45, 7) is 1.85. The zero-order valence-electron chi connectivity index (χ0n) is 19.9. The van der Waals surface area contributed by atoms with Crippen molar-refractivity contribution in [2.75, 3.05) is 15.9 Å². The van der Waals surface area contributed by atoms with Gasteiger partial charge in [0.15, 0.2) is 10.2 Å². The average Bonchev–Trinajstić information content (AvgIpc) is 3.45. The molecule has 0 radical (unpaired) electrons. The molecule has 3 heterocycles. The number of halogens is 1. The molecule has 2 aromatic carbocycles. The molecule has 37 heavy (non-hydrogen) atoms. The molecule has 0 saturated carbocycles.